The molecule has 0 aliphatic heterocycles. The van der Waals surface area contributed by atoms with E-state index in [4.69, 9.17) is 4.74 Å². The predicted octanol–water partition coefficient (Wildman–Crippen LogP) is 2.45. The monoisotopic (exact) mass is 311 g/mol. The van der Waals surface area contributed by atoms with Crippen molar-refractivity contribution in [3.05, 3.63) is 66.9 Å². The van der Waals surface area contributed by atoms with Crippen LogP contribution in [0.2, 0.25) is 0 Å². The molecule has 0 spiro atoms. The Bertz CT molecular complexity index is 812. The molecule has 1 N–H and O–H groups in total. The third-order valence-electron chi connectivity index (χ3n) is 2.71. The van der Waals surface area contributed by atoms with E-state index in [9.17, 15) is 9.18 Å². The zero-order valence-corrected chi connectivity index (χ0v) is 11.7. The van der Waals surface area contributed by atoms with Gasteiger partial charge in [0.25, 0.3) is 5.91 Å². The average Bonchev–Trinajstić information content (AvgIpc) is 2.58. The van der Waals surface area contributed by atoms with Crippen molar-refractivity contribution >= 4 is 11.7 Å². The number of hydrogen-bond donors (Lipinski definition) is 1. The van der Waals surface area contributed by atoms with Gasteiger partial charge in [-0.1, -0.05) is 0 Å². The molecule has 1 amide bonds. The number of nitrogens with one attached hydrogen (secondary N) is 1. The Labute approximate surface area is 130 Å². The van der Waals surface area contributed by atoms with Crippen molar-refractivity contribution in [2.75, 3.05) is 5.32 Å². The van der Waals surface area contributed by atoms with E-state index in [2.05, 4.69) is 25.3 Å². The van der Waals surface area contributed by atoms with Crippen LogP contribution in [0.4, 0.5) is 10.2 Å². The molecule has 0 fully saturated rings. The molecular weight excluding hydrogens is 301 g/mol. The smallest absolute Gasteiger partial charge is 0.275 e. The SMILES string of the molecule is O=C(Nc1ccc(F)cn1)c1cc(Oc2cncnc2)ccn1. The number of pyridine rings is 2. The zero-order valence-electron chi connectivity index (χ0n) is 11.7. The molecule has 3 rings (SSSR count). The summed E-state index contributed by atoms with van der Waals surface area (Å²) < 4.78 is 18.3. The van der Waals surface area contributed by atoms with Crippen molar-refractivity contribution in [1.82, 2.24) is 19.9 Å². The van der Waals surface area contributed by atoms with Crippen LogP contribution >= 0.6 is 0 Å². The topological polar surface area (TPSA) is 89.9 Å². The highest BCUT2D eigenvalue weighted by molar-refractivity contribution is 6.02. The number of anilines is 1. The molecule has 0 aliphatic rings. The van der Waals surface area contributed by atoms with Crippen LogP contribution < -0.4 is 10.1 Å². The van der Waals surface area contributed by atoms with Crippen molar-refractivity contribution in [1.29, 1.82) is 0 Å². The van der Waals surface area contributed by atoms with Crippen LogP contribution in [0.15, 0.2) is 55.4 Å². The van der Waals surface area contributed by atoms with E-state index in [0.717, 1.165) is 6.20 Å². The molecule has 0 bridgehead atoms. The predicted molar refractivity (Wildman–Crippen MR) is 78.5 cm³/mol. The molecule has 0 aliphatic carbocycles. The molecule has 3 heterocycles. The molecular formula is C15H10FN5O2. The highest BCUT2D eigenvalue weighted by Gasteiger charge is 2.10. The van der Waals surface area contributed by atoms with Crippen LogP contribution in [-0.4, -0.2) is 25.8 Å². The van der Waals surface area contributed by atoms with Gasteiger partial charge in [0.05, 0.1) is 18.6 Å². The highest BCUT2D eigenvalue weighted by Crippen LogP contribution is 2.19. The highest BCUT2D eigenvalue weighted by atomic mass is 19.1. The van der Waals surface area contributed by atoms with Gasteiger partial charge in [-0.25, -0.2) is 19.3 Å². The number of halogens is 1. The molecule has 7 nitrogen and oxygen atoms in total. The summed E-state index contributed by atoms with van der Waals surface area (Å²) in [5.41, 5.74) is 0.130. The molecule has 8 heteroatoms. The first-order chi connectivity index (χ1) is 11.2. The number of nitrogens with zero attached hydrogens (tertiary/aromatic N) is 4. The van der Waals surface area contributed by atoms with Crippen LogP contribution in [-0.2, 0) is 0 Å². The number of rotatable bonds is 4. The number of carbonyl (C=O) groups excluding carboxylic acids is 1. The van der Waals surface area contributed by atoms with E-state index in [1.54, 1.807) is 6.07 Å². The number of amides is 1. The van der Waals surface area contributed by atoms with E-state index in [1.165, 1.54) is 43.1 Å². The largest absolute Gasteiger partial charge is 0.454 e. The number of aromatic nitrogens is 4. The molecule has 3 aromatic heterocycles. The third-order valence-corrected chi connectivity index (χ3v) is 2.71. The van der Waals surface area contributed by atoms with Gasteiger partial charge in [0.15, 0.2) is 5.75 Å². The Morgan fingerprint density at radius 1 is 1.04 bits per heavy atom. The van der Waals surface area contributed by atoms with Gasteiger partial charge in [-0.15, -0.1) is 0 Å². The van der Waals surface area contributed by atoms with E-state index >= 15 is 0 Å². The Balaban J connectivity index is 1.73. The van der Waals surface area contributed by atoms with Gasteiger partial charge in [0.1, 0.15) is 29.4 Å². The van der Waals surface area contributed by atoms with Crippen LogP contribution in [0.25, 0.3) is 0 Å². The molecule has 3 aromatic rings. The molecule has 0 aromatic carbocycles. The summed E-state index contributed by atoms with van der Waals surface area (Å²) in [7, 11) is 0. The number of ether oxygens (including phenoxy) is 1. The fourth-order valence-electron chi connectivity index (χ4n) is 1.70. The second-order valence-corrected chi connectivity index (χ2v) is 4.37. The summed E-state index contributed by atoms with van der Waals surface area (Å²) in [6.45, 7) is 0. The molecule has 0 saturated heterocycles. The lowest BCUT2D eigenvalue weighted by atomic mass is 10.3. The third kappa shape index (κ3) is 3.82. The van der Waals surface area contributed by atoms with Crippen molar-refractivity contribution in [2.45, 2.75) is 0 Å². The fraction of sp³-hybridized carbons (Fsp3) is 0. The minimum atomic E-state index is -0.487. The second-order valence-electron chi connectivity index (χ2n) is 4.37. The summed E-state index contributed by atoms with van der Waals surface area (Å²) in [5.74, 6) is 0.0960. The zero-order chi connectivity index (χ0) is 16.1. The van der Waals surface area contributed by atoms with Gasteiger partial charge in [-0.3, -0.25) is 9.78 Å². The maximum absolute atomic E-state index is 12.8. The van der Waals surface area contributed by atoms with Crippen molar-refractivity contribution < 1.29 is 13.9 Å². The van der Waals surface area contributed by atoms with Crippen LogP contribution in [0.5, 0.6) is 11.5 Å². The summed E-state index contributed by atoms with van der Waals surface area (Å²) in [4.78, 5) is 27.5. The van der Waals surface area contributed by atoms with Crippen LogP contribution in [0, 0.1) is 5.82 Å². The van der Waals surface area contributed by atoms with Crippen molar-refractivity contribution in [3.8, 4) is 11.5 Å². The molecule has 114 valence electrons. The summed E-state index contributed by atoms with van der Waals surface area (Å²) in [5, 5.41) is 2.52. The first-order valence-corrected chi connectivity index (χ1v) is 6.52. The molecule has 0 saturated carbocycles. The summed E-state index contributed by atoms with van der Waals surface area (Å²) >= 11 is 0. The Morgan fingerprint density at radius 2 is 1.87 bits per heavy atom. The number of hydrogen-bond acceptors (Lipinski definition) is 6. The van der Waals surface area contributed by atoms with E-state index in [1.807, 2.05) is 0 Å². The molecule has 0 radical (unpaired) electrons. The lowest BCUT2D eigenvalue weighted by molar-refractivity contribution is 0.102. The Morgan fingerprint density at radius 3 is 2.61 bits per heavy atom. The molecule has 23 heavy (non-hydrogen) atoms. The standard InChI is InChI=1S/C15H10FN5O2/c16-10-1-2-14(20-6-10)21-15(22)13-5-11(3-4-19-13)23-12-7-17-9-18-8-12/h1-9H,(H,20,21,22). The minimum Gasteiger partial charge on any atom is -0.454 e. The van der Waals surface area contributed by atoms with Crippen LogP contribution in [0.3, 0.4) is 0 Å². The second kappa shape index (κ2) is 6.56. The normalized spacial score (nSPS) is 10.1. The van der Waals surface area contributed by atoms with Gasteiger partial charge < -0.3 is 10.1 Å². The van der Waals surface area contributed by atoms with Gasteiger partial charge in [-0.2, -0.15) is 0 Å². The van der Waals surface area contributed by atoms with Gasteiger partial charge in [0.2, 0.25) is 0 Å². The maximum Gasteiger partial charge on any atom is 0.275 e. The van der Waals surface area contributed by atoms with E-state index < -0.39 is 11.7 Å². The first kappa shape index (κ1) is 14.5. The van der Waals surface area contributed by atoms with Crippen molar-refractivity contribution in [3.63, 3.8) is 0 Å². The van der Waals surface area contributed by atoms with Crippen molar-refractivity contribution in [2.24, 2.45) is 0 Å². The lowest BCUT2D eigenvalue weighted by Crippen LogP contribution is -2.14. The van der Waals surface area contributed by atoms with E-state index in [0.29, 0.717) is 11.5 Å². The van der Waals surface area contributed by atoms with Gasteiger partial charge in [-0.05, 0) is 18.2 Å². The van der Waals surface area contributed by atoms with Gasteiger partial charge in [0, 0.05) is 12.3 Å². The minimum absolute atomic E-state index is 0.130. The summed E-state index contributed by atoms with van der Waals surface area (Å²) in [6, 6.07) is 5.62. The van der Waals surface area contributed by atoms with Crippen LogP contribution in [0.1, 0.15) is 10.5 Å². The lowest BCUT2D eigenvalue weighted by Gasteiger charge is -2.07. The molecule has 0 unspecified atom stereocenters. The fourth-order valence-corrected chi connectivity index (χ4v) is 1.70. The quantitative estimate of drug-likeness (QED) is 0.796. The average molecular weight is 311 g/mol. The number of carbonyl (C=O) groups is 1. The molecule has 0 atom stereocenters. The first-order valence-electron chi connectivity index (χ1n) is 6.52. The maximum atomic E-state index is 12.8. The van der Waals surface area contributed by atoms with Gasteiger partial charge >= 0.3 is 0 Å². The summed E-state index contributed by atoms with van der Waals surface area (Å²) in [6.07, 6.45) is 6.82. The van der Waals surface area contributed by atoms with E-state index in [-0.39, 0.29) is 11.5 Å². The Hall–Kier alpha value is -3.42. The Kier molecular flexibility index (Phi) is 4.14.